The van der Waals surface area contributed by atoms with Gasteiger partial charge in [-0.2, -0.15) is 0 Å². The fourth-order valence-electron chi connectivity index (χ4n) is 2.45. The van der Waals surface area contributed by atoms with Crippen LogP contribution in [0.3, 0.4) is 0 Å². The van der Waals surface area contributed by atoms with Gasteiger partial charge in [-0.25, -0.2) is 0 Å². The van der Waals surface area contributed by atoms with Crippen molar-refractivity contribution < 1.29 is 4.79 Å². The van der Waals surface area contributed by atoms with Crippen molar-refractivity contribution in [2.24, 2.45) is 5.73 Å². The average Bonchev–Trinajstić information content (AvgIpc) is 2.41. The van der Waals surface area contributed by atoms with Crippen molar-refractivity contribution in [2.75, 3.05) is 19.6 Å². The minimum Gasteiger partial charge on any atom is -0.369 e. The van der Waals surface area contributed by atoms with Crippen LogP contribution in [0, 0.1) is 0 Å². The second-order valence-electron chi connectivity index (χ2n) is 5.04. The molecule has 104 valence electrons. The molecule has 1 saturated heterocycles. The van der Waals surface area contributed by atoms with Gasteiger partial charge in [-0.15, -0.1) is 0 Å². The highest BCUT2D eigenvalue weighted by atomic mass is 16.1. The zero-order valence-electron chi connectivity index (χ0n) is 11.2. The number of hydrogen-bond acceptors (Lipinski definition) is 5. The van der Waals surface area contributed by atoms with E-state index in [1.807, 2.05) is 0 Å². The Balaban J connectivity index is 1.78. The van der Waals surface area contributed by atoms with E-state index < -0.39 is 0 Å². The Hall–Kier alpha value is -1.53. The van der Waals surface area contributed by atoms with Crippen molar-refractivity contribution >= 4 is 5.91 Å². The summed E-state index contributed by atoms with van der Waals surface area (Å²) in [5.74, 6) is -0.251. The number of carbonyl (C=O) groups excluding carboxylic acids is 1. The highest BCUT2D eigenvalue weighted by molar-refractivity contribution is 5.75. The van der Waals surface area contributed by atoms with Crippen LogP contribution >= 0.6 is 0 Å². The Bertz CT molecular complexity index is 403. The van der Waals surface area contributed by atoms with Gasteiger partial charge in [0.1, 0.15) is 0 Å². The first-order valence-corrected chi connectivity index (χ1v) is 6.68. The van der Waals surface area contributed by atoms with Crippen molar-refractivity contribution in [1.82, 2.24) is 20.2 Å². The molecule has 3 N–H and O–H groups in total. The maximum atomic E-state index is 10.9. The Morgan fingerprint density at radius 3 is 2.84 bits per heavy atom. The van der Waals surface area contributed by atoms with Crippen molar-refractivity contribution in [3.05, 3.63) is 24.3 Å². The van der Waals surface area contributed by atoms with Gasteiger partial charge < -0.3 is 11.1 Å². The lowest BCUT2D eigenvalue weighted by molar-refractivity contribution is -0.119. The molecule has 2 heterocycles. The van der Waals surface area contributed by atoms with Gasteiger partial charge in [-0.05, 0) is 19.8 Å². The topological polar surface area (TPSA) is 84.1 Å². The lowest BCUT2D eigenvalue weighted by Gasteiger charge is -2.33. The number of nitrogens with one attached hydrogen (secondary N) is 1. The monoisotopic (exact) mass is 263 g/mol. The molecule has 1 fully saturated rings. The summed E-state index contributed by atoms with van der Waals surface area (Å²) < 4.78 is 0. The Morgan fingerprint density at radius 2 is 2.26 bits per heavy atom. The molecule has 19 heavy (non-hydrogen) atoms. The van der Waals surface area contributed by atoms with Crippen LogP contribution in [0.4, 0.5) is 0 Å². The lowest BCUT2D eigenvalue weighted by atomic mass is 10.0. The molecule has 0 bridgehead atoms. The third-order valence-electron chi connectivity index (χ3n) is 3.48. The molecule has 1 aliphatic rings. The van der Waals surface area contributed by atoms with Crippen molar-refractivity contribution in [3.8, 4) is 0 Å². The van der Waals surface area contributed by atoms with Crippen molar-refractivity contribution in [3.63, 3.8) is 0 Å². The van der Waals surface area contributed by atoms with Gasteiger partial charge in [0.2, 0.25) is 5.91 Å². The first kappa shape index (κ1) is 13.9. The lowest BCUT2D eigenvalue weighted by Crippen LogP contribution is -2.45. The first-order valence-electron chi connectivity index (χ1n) is 6.68. The summed E-state index contributed by atoms with van der Waals surface area (Å²) in [6.07, 6.45) is 7.23. The van der Waals surface area contributed by atoms with E-state index in [-0.39, 0.29) is 11.9 Å². The predicted molar refractivity (Wildman–Crippen MR) is 72.2 cm³/mol. The molecule has 0 aliphatic carbocycles. The van der Waals surface area contributed by atoms with Crippen molar-refractivity contribution in [2.45, 2.75) is 31.8 Å². The van der Waals surface area contributed by atoms with Gasteiger partial charge in [0.25, 0.3) is 0 Å². The van der Waals surface area contributed by atoms with E-state index in [1.165, 1.54) is 0 Å². The zero-order valence-corrected chi connectivity index (χ0v) is 11.2. The number of nitrogens with two attached hydrogens (primary N) is 1. The summed E-state index contributed by atoms with van der Waals surface area (Å²) in [6.45, 7) is 4.29. The number of primary amides is 1. The summed E-state index contributed by atoms with van der Waals surface area (Å²) in [6, 6.07) is 0.655. The zero-order chi connectivity index (χ0) is 13.7. The summed E-state index contributed by atoms with van der Waals surface area (Å²) in [5, 5.41) is 3.56. The number of hydrogen-bond donors (Lipinski definition) is 2. The summed E-state index contributed by atoms with van der Waals surface area (Å²) in [4.78, 5) is 21.3. The molecule has 1 aliphatic heterocycles. The third-order valence-corrected chi connectivity index (χ3v) is 3.48. The van der Waals surface area contributed by atoms with Gasteiger partial charge in [-0.1, -0.05) is 0 Å². The Morgan fingerprint density at radius 1 is 1.53 bits per heavy atom. The predicted octanol–water partition coefficient (Wildman–Crippen LogP) is 0.0769. The summed E-state index contributed by atoms with van der Waals surface area (Å²) in [7, 11) is 0. The number of carbonyl (C=O) groups is 1. The summed E-state index contributed by atoms with van der Waals surface area (Å²) in [5.41, 5.74) is 6.16. The number of amides is 1. The molecule has 1 atom stereocenters. The van der Waals surface area contributed by atoms with Crippen LogP contribution in [0.25, 0.3) is 0 Å². The standard InChI is InChI=1S/C13H21N5O/c1-10(12-8-15-4-5-16-12)17-11-2-6-18(7-3-11)9-13(14)19/h4-5,8,10-11,17H,2-3,6-7,9H2,1H3,(H2,14,19). The second kappa shape index (κ2) is 6.58. The highest BCUT2D eigenvalue weighted by Crippen LogP contribution is 2.15. The molecule has 2 rings (SSSR count). The van der Waals surface area contributed by atoms with Crippen LogP contribution in [0.1, 0.15) is 31.5 Å². The minimum atomic E-state index is -0.251. The fraction of sp³-hybridized carbons (Fsp3) is 0.615. The first-order chi connectivity index (χ1) is 9.15. The minimum absolute atomic E-state index is 0.196. The third kappa shape index (κ3) is 4.25. The van der Waals surface area contributed by atoms with E-state index in [9.17, 15) is 4.79 Å². The number of piperidine rings is 1. The van der Waals surface area contributed by atoms with E-state index in [1.54, 1.807) is 18.6 Å². The number of rotatable bonds is 5. The van der Waals surface area contributed by atoms with E-state index >= 15 is 0 Å². The van der Waals surface area contributed by atoms with Crippen LogP contribution in [-0.2, 0) is 4.79 Å². The molecule has 6 nitrogen and oxygen atoms in total. The number of likely N-dealkylation sites (tertiary alicyclic amines) is 1. The maximum Gasteiger partial charge on any atom is 0.231 e. The number of aromatic nitrogens is 2. The largest absolute Gasteiger partial charge is 0.369 e. The molecule has 0 saturated carbocycles. The van der Waals surface area contributed by atoms with Crippen LogP contribution in [-0.4, -0.2) is 46.5 Å². The highest BCUT2D eigenvalue weighted by Gasteiger charge is 2.21. The normalized spacial score (nSPS) is 19.2. The van der Waals surface area contributed by atoms with Gasteiger partial charge in [0.05, 0.1) is 12.2 Å². The molecule has 0 spiro atoms. The van der Waals surface area contributed by atoms with Gasteiger partial charge in [0.15, 0.2) is 0 Å². The maximum absolute atomic E-state index is 10.9. The quantitative estimate of drug-likeness (QED) is 0.786. The van der Waals surface area contributed by atoms with Crippen LogP contribution in [0.15, 0.2) is 18.6 Å². The summed E-state index contributed by atoms with van der Waals surface area (Å²) >= 11 is 0. The number of nitrogens with zero attached hydrogens (tertiary/aromatic N) is 3. The molecular formula is C13H21N5O. The molecular weight excluding hydrogens is 242 g/mol. The molecule has 1 aromatic rings. The average molecular weight is 263 g/mol. The fourth-order valence-corrected chi connectivity index (χ4v) is 2.45. The molecule has 1 unspecified atom stereocenters. The van der Waals surface area contributed by atoms with E-state index in [2.05, 4.69) is 27.1 Å². The van der Waals surface area contributed by atoms with Crippen LogP contribution in [0.5, 0.6) is 0 Å². The smallest absolute Gasteiger partial charge is 0.231 e. The molecule has 1 aromatic heterocycles. The van der Waals surface area contributed by atoms with Gasteiger partial charge in [0, 0.05) is 43.8 Å². The van der Waals surface area contributed by atoms with E-state index in [0.717, 1.165) is 31.6 Å². The molecule has 6 heteroatoms. The SMILES string of the molecule is CC(NC1CCN(CC(N)=O)CC1)c1cnccn1. The van der Waals surface area contributed by atoms with E-state index in [0.29, 0.717) is 12.6 Å². The van der Waals surface area contributed by atoms with E-state index in [4.69, 9.17) is 5.73 Å². The van der Waals surface area contributed by atoms with Crippen LogP contribution in [0.2, 0.25) is 0 Å². The van der Waals surface area contributed by atoms with Crippen molar-refractivity contribution in [1.29, 1.82) is 0 Å². The molecule has 0 aromatic carbocycles. The molecule has 0 radical (unpaired) electrons. The van der Waals surface area contributed by atoms with Crippen LogP contribution < -0.4 is 11.1 Å². The van der Waals surface area contributed by atoms with Gasteiger partial charge in [-0.3, -0.25) is 19.7 Å². The molecule has 1 amide bonds. The Kier molecular flexibility index (Phi) is 4.81. The Labute approximate surface area is 113 Å². The van der Waals surface area contributed by atoms with Gasteiger partial charge >= 0.3 is 0 Å². The second-order valence-corrected chi connectivity index (χ2v) is 5.04.